The molecule has 10 heteroatoms. The lowest BCUT2D eigenvalue weighted by Crippen LogP contribution is -2.39. The zero-order valence-electron chi connectivity index (χ0n) is 15.4. The van der Waals surface area contributed by atoms with Crippen molar-refractivity contribution in [3.05, 3.63) is 66.3 Å². The summed E-state index contributed by atoms with van der Waals surface area (Å²) in [5, 5.41) is 3.98. The summed E-state index contributed by atoms with van der Waals surface area (Å²) < 4.78 is 51.2. The lowest BCUT2D eigenvalue weighted by molar-refractivity contribution is 0.231. The molecule has 0 N–H and O–H groups in total. The van der Waals surface area contributed by atoms with Crippen LogP contribution in [0.5, 0.6) is 5.75 Å². The first-order valence-electron chi connectivity index (χ1n) is 9.17. The Bertz CT molecular complexity index is 1060. The average Bonchev–Trinajstić information content (AvgIpc) is 3.23. The smallest absolute Gasteiger partial charge is 0.264 e. The fraction of sp³-hybridized carbons (Fsp3) is 0.316. The number of rotatable bonds is 6. The number of pyridine rings is 1. The number of piperidine rings is 1. The Labute approximate surface area is 167 Å². The number of benzene rings is 1. The molecule has 1 atom stereocenters. The summed E-state index contributed by atoms with van der Waals surface area (Å²) in [6, 6.07) is 8.16. The second-order valence-electron chi connectivity index (χ2n) is 6.60. The van der Waals surface area contributed by atoms with E-state index in [-0.39, 0.29) is 23.2 Å². The summed E-state index contributed by atoms with van der Waals surface area (Å²) in [7, 11) is -3.73. The summed E-state index contributed by atoms with van der Waals surface area (Å²) in [6.07, 6.45) is 5.07. The fourth-order valence-electron chi connectivity index (χ4n) is 3.22. The van der Waals surface area contributed by atoms with Crippen molar-refractivity contribution in [1.29, 1.82) is 0 Å². The Kier molecular flexibility index (Phi) is 5.54. The Balaban J connectivity index is 1.51. The van der Waals surface area contributed by atoms with Crippen LogP contribution < -0.4 is 4.74 Å². The highest BCUT2D eigenvalue weighted by Gasteiger charge is 2.37. The maximum absolute atomic E-state index is 13.1. The molecule has 1 saturated heterocycles. The maximum atomic E-state index is 13.1. The van der Waals surface area contributed by atoms with E-state index < -0.39 is 16.1 Å². The van der Waals surface area contributed by atoms with Crippen LogP contribution in [-0.2, 0) is 16.6 Å². The number of nitrogens with zero attached hydrogens (tertiary/aromatic N) is 4. The highest BCUT2D eigenvalue weighted by molar-refractivity contribution is 7.89. The molecule has 2 aromatic heterocycles. The predicted octanol–water partition coefficient (Wildman–Crippen LogP) is 3.10. The molecule has 1 unspecified atom stereocenters. The van der Waals surface area contributed by atoms with Crippen molar-refractivity contribution in [3.63, 3.8) is 0 Å². The molecule has 1 fully saturated rings. The van der Waals surface area contributed by atoms with Gasteiger partial charge >= 0.3 is 0 Å². The lowest BCUT2D eigenvalue weighted by atomic mass is 10.0. The van der Waals surface area contributed by atoms with Gasteiger partial charge in [-0.2, -0.15) is 9.29 Å². The van der Waals surface area contributed by atoms with Crippen LogP contribution in [0.3, 0.4) is 0 Å². The van der Waals surface area contributed by atoms with Crippen LogP contribution in [0.2, 0.25) is 0 Å². The first-order chi connectivity index (χ1) is 14.0. The molecule has 0 bridgehead atoms. The third-order valence-corrected chi connectivity index (χ3v) is 6.54. The van der Waals surface area contributed by atoms with Crippen LogP contribution in [-0.4, -0.2) is 34.4 Å². The van der Waals surface area contributed by atoms with E-state index in [1.807, 2.05) is 0 Å². The van der Waals surface area contributed by atoms with Gasteiger partial charge in [-0.3, -0.25) is 4.98 Å². The molecule has 0 aliphatic carbocycles. The van der Waals surface area contributed by atoms with Gasteiger partial charge in [0, 0.05) is 18.9 Å². The summed E-state index contributed by atoms with van der Waals surface area (Å²) >= 11 is 0. The Morgan fingerprint density at radius 1 is 1.21 bits per heavy atom. The standard InChI is InChI=1S/C19H19FN4O4S/c20-14-6-8-15(9-7-14)27-13-18-22-19(23-28-18)17-5-1-2-11-24(17)29(25,26)16-4-3-10-21-12-16/h3-4,6-10,12,17H,1-2,5,11,13H2. The minimum Gasteiger partial charge on any atom is -0.484 e. The molecule has 0 amide bonds. The minimum atomic E-state index is -3.73. The normalized spacial score (nSPS) is 17.9. The van der Waals surface area contributed by atoms with E-state index in [1.165, 1.54) is 47.0 Å². The Morgan fingerprint density at radius 3 is 2.79 bits per heavy atom. The van der Waals surface area contributed by atoms with Gasteiger partial charge in [-0.15, -0.1) is 0 Å². The number of hydrogen-bond donors (Lipinski definition) is 0. The van der Waals surface area contributed by atoms with Crippen LogP contribution in [0, 0.1) is 5.82 Å². The summed E-state index contributed by atoms with van der Waals surface area (Å²) in [6.45, 7) is 0.374. The van der Waals surface area contributed by atoms with E-state index >= 15 is 0 Å². The molecule has 0 saturated carbocycles. The lowest BCUT2D eigenvalue weighted by Gasteiger charge is -2.32. The fourth-order valence-corrected chi connectivity index (χ4v) is 4.84. The molecule has 152 valence electrons. The van der Waals surface area contributed by atoms with Crippen molar-refractivity contribution in [1.82, 2.24) is 19.4 Å². The van der Waals surface area contributed by atoms with Crippen molar-refractivity contribution in [2.24, 2.45) is 0 Å². The first kappa shape index (κ1) is 19.5. The topological polar surface area (TPSA) is 98.4 Å². The molecule has 3 heterocycles. The maximum Gasteiger partial charge on any atom is 0.264 e. The van der Waals surface area contributed by atoms with Crippen LogP contribution in [0.15, 0.2) is 58.2 Å². The van der Waals surface area contributed by atoms with Crippen LogP contribution in [0.1, 0.15) is 37.0 Å². The van der Waals surface area contributed by atoms with E-state index in [2.05, 4.69) is 15.1 Å². The average molecular weight is 418 g/mol. The summed E-state index contributed by atoms with van der Waals surface area (Å²) in [5.41, 5.74) is 0. The van der Waals surface area contributed by atoms with Crippen molar-refractivity contribution >= 4 is 10.0 Å². The van der Waals surface area contributed by atoms with E-state index in [1.54, 1.807) is 6.07 Å². The largest absolute Gasteiger partial charge is 0.484 e. The third kappa shape index (κ3) is 4.28. The molecular weight excluding hydrogens is 399 g/mol. The number of ether oxygens (including phenoxy) is 1. The zero-order chi connectivity index (χ0) is 20.3. The highest BCUT2D eigenvalue weighted by Crippen LogP contribution is 2.34. The van der Waals surface area contributed by atoms with E-state index in [0.717, 1.165) is 12.8 Å². The first-order valence-corrected chi connectivity index (χ1v) is 10.6. The van der Waals surface area contributed by atoms with Gasteiger partial charge in [-0.1, -0.05) is 11.6 Å². The van der Waals surface area contributed by atoms with Crippen LogP contribution in [0.4, 0.5) is 4.39 Å². The van der Waals surface area contributed by atoms with Gasteiger partial charge in [0.2, 0.25) is 10.0 Å². The van der Waals surface area contributed by atoms with Gasteiger partial charge in [-0.05, 0) is 49.2 Å². The monoisotopic (exact) mass is 418 g/mol. The highest BCUT2D eigenvalue weighted by atomic mass is 32.2. The predicted molar refractivity (Wildman–Crippen MR) is 99.8 cm³/mol. The number of sulfonamides is 1. The molecule has 1 aliphatic heterocycles. The quantitative estimate of drug-likeness (QED) is 0.607. The van der Waals surface area contributed by atoms with Gasteiger partial charge in [-0.25, -0.2) is 12.8 Å². The Morgan fingerprint density at radius 2 is 2.03 bits per heavy atom. The second kappa shape index (κ2) is 8.26. The molecule has 1 aliphatic rings. The molecule has 4 rings (SSSR count). The SMILES string of the molecule is O=S(=O)(c1cccnc1)N1CCCCC1c1noc(COc2ccc(F)cc2)n1. The molecule has 0 radical (unpaired) electrons. The van der Waals surface area contributed by atoms with Gasteiger partial charge in [0.1, 0.15) is 16.5 Å². The summed E-state index contributed by atoms with van der Waals surface area (Å²) in [5.74, 6) is 0.623. The number of halogens is 1. The van der Waals surface area contributed by atoms with E-state index in [9.17, 15) is 12.8 Å². The van der Waals surface area contributed by atoms with Gasteiger partial charge in [0.15, 0.2) is 12.4 Å². The molecule has 1 aromatic carbocycles. The number of hydrogen-bond acceptors (Lipinski definition) is 7. The van der Waals surface area contributed by atoms with E-state index in [4.69, 9.17) is 9.26 Å². The molecule has 29 heavy (non-hydrogen) atoms. The van der Waals surface area contributed by atoms with Crippen molar-refractivity contribution < 1.29 is 22.1 Å². The third-order valence-electron chi connectivity index (χ3n) is 4.65. The Hall–Kier alpha value is -2.85. The van der Waals surface area contributed by atoms with Crippen LogP contribution in [0.25, 0.3) is 0 Å². The van der Waals surface area contributed by atoms with Crippen molar-refractivity contribution in [2.45, 2.75) is 36.8 Å². The molecule has 8 nitrogen and oxygen atoms in total. The zero-order valence-corrected chi connectivity index (χ0v) is 16.3. The van der Waals surface area contributed by atoms with Crippen molar-refractivity contribution in [3.8, 4) is 5.75 Å². The summed E-state index contributed by atoms with van der Waals surface area (Å²) in [4.78, 5) is 8.37. The molecular formula is C19H19FN4O4S. The van der Waals surface area contributed by atoms with Crippen LogP contribution >= 0.6 is 0 Å². The molecule has 0 spiro atoms. The van der Waals surface area contributed by atoms with Crippen molar-refractivity contribution in [2.75, 3.05) is 6.54 Å². The van der Waals surface area contributed by atoms with Gasteiger partial charge in [0.05, 0.1) is 6.04 Å². The molecule has 3 aromatic rings. The van der Waals surface area contributed by atoms with Gasteiger partial charge in [0.25, 0.3) is 5.89 Å². The number of aromatic nitrogens is 3. The minimum absolute atomic E-state index is 0.000702. The second-order valence-corrected chi connectivity index (χ2v) is 8.50. The van der Waals surface area contributed by atoms with E-state index in [0.29, 0.717) is 24.5 Å². The van der Waals surface area contributed by atoms with Gasteiger partial charge < -0.3 is 9.26 Å².